The van der Waals surface area contributed by atoms with Crippen molar-refractivity contribution in [2.24, 2.45) is 0 Å². The van der Waals surface area contributed by atoms with Gasteiger partial charge in [-0.2, -0.15) is 0 Å². The maximum Gasteiger partial charge on any atom is 0.413 e. The number of urea groups is 1. The van der Waals surface area contributed by atoms with Crippen LogP contribution < -0.4 is 10.6 Å². The van der Waals surface area contributed by atoms with E-state index in [-0.39, 0.29) is 6.03 Å². The second-order valence-corrected chi connectivity index (χ2v) is 5.73. The van der Waals surface area contributed by atoms with E-state index < -0.39 is 30.4 Å². The summed E-state index contributed by atoms with van der Waals surface area (Å²) in [6.07, 6.45) is -1.36. The molecule has 0 saturated carbocycles. The van der Waals surface area contributed by atoms with Crippen molar-refractivity contribution in [3.8, 4) is 0 Å². The third kappa shape index (κ3) is 2.42. The highest BCUT2D eigenvalue weighted by Crippen LogP contribution is 2.48. The predicted octanol–water partition coefficient (Wildman–Crippen LogP) is 0.435. The zero-order valence-corrected chi connectivity index (χ0v) is 12.9. The van der Waals surface area contributed by atoms with Gasteiger partial charge in [0.25, 0.3) is 0 Å². The Bertz CT molecular complexity index is 721. The van der Waals surface area contributed by atoms with Gasteiger partial charge in [0, 0.05) is 24.7 Å². The van der Waals surface area contributed by atoms with Gasteiger partial charge in [-0.15, -0.1) is 0 Å². The average molecular weight is 335 g/mol. The van der Waals surface area contributed by atoms with Crippen molar-refractivity contribution < 1.29 is 29.3 Å². The highest BCUT2D eigenvalue weighted by Gasteiger charge is 2.57. The summed E-state index contributed by atoms with van der Waals surface area (Å²) in [7, 11) is 1.50. The molecule has 1 spiro atoms. The van der Waals surface area contributed by atoms with Crippen LogP contribution in [0.25, 0.3) is 0 Å². The molecule has 2 aliphatic rings. The van der Waals surface area contributed by atoms with Crippen LogP contribution in [0.3, 0.4) is 0 Å². The van der Waals surface area contributed by atoms with Gasteiger partial charge < -0.3 is 25.6 Å². The Balaban J connectivity index is 1.90. The topological polar surface area (TPSA) is 128 Å². The molecule has 9 nitrogen and oxygen atoms in total. The molecule has 0 radical (unpaired) electrons. The number of fused-ring (bicyclic) bond motifs is 2. The van der Waals surface area contributed by atoms with E-state index in [9.17, 15) is 19.5 Å². The van der Waals surface area contributed by atoms with Gasteiger partial charge in [-0.25, -0.2) is 9.59 Å². The number of carboxylic acids is 1. The molecule has 4 N–H and O–H groups in total. The van der Waals surface area contributed by atoms with Gasteiger partial charge in [-0.3, -0.25) is 9.69 Å². The van der Waals surface area contributed by atoms with E-state index in [1.165, 1.54) is 7.05 Å². The van der Waals surface area contributed by atoms with Gasteiger partial charge in [0.15, 0.2) is 11.8 Å². The number of aliphatic carboxylic acids is 1. The first-order valence-corrected chi connectivity index (χ1v) is 7.39. The van der Waals surface area contributed by atoms with E-state index in [2.05, 4.69) is 10.6 Å². The second kappa shape index (κ2) is 5.68. The van der Waals surface area contributed by atoms with Crippen LogP contribution in [0.5, 0.6) is 0 Å². The summed E-state index contributed by atoms with van der Waals surface area (Å²) in [5, 5.41) is 24.5. The molecule has 0 bridgehead atoms. The molecule has 1 fully saturated rings. The first-order valence-electron chi connectivity index (χ1n) is 7.39. The summed E-state index contributed by atoms with van der Waals surface area (Å²) in [5.41, 5.74) is 0.755. The van der Waals surface area contributed by atoms with Gasteiger partial charge in [0.05, 0.1) is 0 Å². The molecule has 3 rings (SSSR count). The van der Waals surface area contributed by atoms with Crippen molar-refractivity contribution in [1.82, 2.24) is 10.2 Å². The lowest BCUT2D eigenvalue weighted by molar-refractivity contribution is -0.140. The molecule has 1 aliphatic carbocycles. The number of aryl methyl sites for hydroxylation is 1. The number of aliphatic hydroxyl groups is 1. The number of carboxylic acid groups (broad SMARTS) is 1. The van der Waals surface area contributed by atoms with E-state index in [1.54, 1.807) is 18.2 Å². The molecule has 1 aliphatic heterocycles. The van der Waals surface area contributed by atoms with E-state index in [0.29, 0.717) is 24.1 Å². The summed E-state index contributed by atoms with van der Waals surface area (Å²) < 4.78 is 5.38. The molecule has 1 heterocycles. The second-order valence-electron chi connectivity index (χ2n) is 5.73. The summed E-state index contributed by atoms with van der Waals surface area (Å²) in [6, 6.07) is 4.71. The van der Waals surface area contributed by atoms with Gasteiger partial charge in [0.2, 0.25) is 0 Å². The number of anilines is 1. The first-order chi connectivity index (χ1) is 11.4. The molecule has 24 heavy (non-hydrogen) atoms. The van der Waals surface area contributed by atoms with Crippen LogP contribution in [0.15, 0.2) is 18.2 Å². The molecule has 3 amide bonds. The van der Waals surface area contributed by atoms with Crippen molar-refractivity contribution in [3.63, 3.8) is 0 Å². The third-order valence-corrected chi connectivity index (χ3v) is 4.33. The summed E-state index contributed by atoms with van der Waals surface area (Å²) in [6.45, 7) is -0.632. The standard InChI is InChI=1S/C15H17N3O6/c1-16-13(22)17-9-2-3-10-8(6-9)4-5-15(10)12(21)18(7-11(19)20)14(23)24-15/h2-3,6,12,21H,4-5,7H2,1H3,(H,19,20)(H2,16,17,22). The first kappa shape index (κ1) is 16.1. The number of carbonyl (C=O) groups excluding carboxylic acids is 2. The largest absolute Gasteiger partial charge is 0.480 e. The van der Waals surface area contributed by atoms with E-state index in [0.717, 1.165) is 10.5 Å². The number of amides is 3. The molecular weight excluding hydrogens is 318 g/mol. The Morgan fingerprint density at radius 2 is 2.21 bits per heavy atom. The van der Waals surface area contributed by atoms with Crippen molar-refractivity contribution in [3.05, 3.63) is 29.3 Å². The molecule has 9 heteroatoms. The maximum atomic E-state index is 12.0. The van der Waals surface area contributed by atoms with Gasteiger partial charge in [-0.05, 0) is 24.1 Å². The molecular formula is C15H17N3O6. The molecule has 2 unspecified atom stereocenters. The minimum Gasteiger partial charge on any atom is -0.480 e. The average Bonchev–Trinajstić information content (AvgIpc) is 3.00. The van der Waals surface area contributed by atoms with E-state index >= 15 is 0 Å². The van der Waals surface area contributed by atoms with Crippen LogP contribution >= 0.6 is 0 Å². The van der Waals surface area contributed by atoms with E-state index in [4.69, 9.17) is 9.84 Å². The quantitative estimate of drug-likeness (QED) is 0.634. The minimum atomic E-state index is -1.37. The monoisotopic (exact) mass is 335 g/mol. The number of aliphatic hydroxyl groups excluding tert-OH is 1. The lowest BCUT2D eigenvalue weighted by atomic mass is 9.93. The van der Waals surface area contributed by atoms with Crippen LogP contribution in [-0.2, 0) is 21.6 Å². The van der Waals surface area contributed by atoms with Crippen LogP contribution in [0.2, 0.25) is 0 Å². The fraction of sp³-hybridized carbons (Fsp3) is 0.400. The molecule has 0 aromatic heterocycles. The highest BCUT2D eigenvalue weighted by molar-refractivity contribution is 5.89. The molecule has 128 valence electrons. The van der Waals surface area contributed by atoms with Crippen LogP contribution in [0.1, 0.15) is 17.5 Å². The Morgan fingerprint density at radius 1 is 1.46 bits per heavy atom. The fourth-order valence-corrected chi connectivity index (χ4v) is 3.23. The Kier molecular flexibility index (Phi) is 3.80. The van der Waals surface area contributed by atoms with Crippen molar-refractivity contribution in [2.75, 3.05) is 18.9 Å². The molecule has 1 aromatic carbocycles. The number of carbonyl (C=O) groups is 3. The van der Waals surface area contributed by atoms with Crippen LogP contribution in [0, 0.1) is 0 Å². The third-order valence-electron chi connectivity index (χ3n) is 4.33. The molecule has 1 saturated heterocycles. The van der Waals surface area contributed by atoms with Gasteiger partial charge >= 0.3 is 18.1 Å². The zero-order chi connectivity index (χ0) is 17.5. The van der Waals surface area contributed by atoms with Crippen molar-refractivity contribution >= 4 is 23.8 Å². The SMILES string of the molecule is CNC(=O)Nc1ccc2c(c1)CCC21OC(=O)N(CC(=O)O)C1O. The van der Waals surface area contributed by atoms with Crippen LogP contribution in [0.4, 0.5) is 15.3 Å². The fourth-order valence-electron chi connectivity index (χ4n) is 3.23. The number of hydrogen-bond acceptors (Lipinski definition) is 5. The normalized spacial score (nSPS) is 24.7. The minimum absolute atomic E-state index is 0.342. The van der Waals surface area contributed by atoms with Gasteiger partial charge in [-0.1, -0.05) is 6.07 Å². The number of nitrogens with zero attached hydrogens (tertiary/aromatic N) is 1. The van der Waals surface area contributed by atoms with Crippen LogP contribution in [-0.4, -0.2) is 53.0 Å². The highest BCUT2D eigenvalue weighted by atomic mass is 16.6. The Hall–Kier alpha value is -2.81. The Labute approximate surface area is 137 Å². The van der Waals surface area contributed by atoms with Crippen molar-refractivity contribution in [1.29, 1.82) is 0 Å². The number of nitrogens with one attached hydrogen (secondary N) is 2. The number of hydrogen-bond donors (Lipinski definition) is 4. The predicted molar refractivity (Wildman–Crippen MR) is 81.3 cm³/mol. The summed E-state index contributed by atoms with van der Waals surface area (Å²) >= 11 is 0. The lowest BCUT2D eigenvalue weighted by Gasteiger charge is -2.27. The number of benzene rings is 1. The lowest BCUT2D eigenvalue weighted by Crippen LogP contribution is -2.44. The summed E-state index contributed by atoms with van der Waals surface area (Å²) in [5.74, 6) is -1.23. The molecule has 1 aromatic rings. The van der Waals surface area contributed by atoms with Gasteiger partial charge in [0.1, 0.15) is 6.54 Å². The van der Waals surface area contributed by atoms with Crippen molar-refractivity contribution in [2.45, 2.75) is 24.7 Å². The summed E-state index contributed by atoms with van der Waals surface area (Å²) in [4.78, 5) is 35.0. The number of rotatable bonds is 3. The Morgan fingerprint density at radius 3 is 2.88 bits per heavy atom. The smallest absolute Gasteiger partial charge is 0.413 e. The van der Waals surface area contributed by atoms with E-state index in [1.807, 2.05) is 0 Å². The molecule has 2 atom stereocenters. The zero-order valence-electron chi connectivity index (χ0n) is 12.9. The number of ether oxygens (including phenoxy) is 1. The maximum absolute atomic E-state index is 12.0.